The van der Waals surface area contributed by atoms with Crippen LogP contribution < -0.4 is 15.5 Å². The molecule has 11 nitrogen and oxygen atoms in total. The lowest BCUT2D eigenvalue weighted by molar-refractivity contribution is 0.0495. The molecule has 1 fully saturated rings. The second kappa shape index (κ2) is 9.42. The van der Waals surface area contributed by atoms with Crippen molar-refractivity contribution in [3.63, 3.8) is 0 Å². The summed E-state index contributed by atoms with van der Waals surface area (Å²) in [6.45, 7) is 6.74. The van der Waals surface area contributed by atoms with E-state index in [1.54, 1.807) is 24.3 Å². The van der Waals surface area contributed by atoms with Gasteiger partial charge in [-0.05, 0) is 44.5 Å². The van der Waals surface area contributed by atoms with Crippen LogP contribution in [-0.4, -0.2) is 56.8 Å². The topological polar surface area (TPSA) is 153 Å². The Kier molecular flexibility index (Phi) is 6.38. The van der Waals surface area contributed by atoms with Gasteiger partial charge in [0.1, 0.15) is 23.2 Å². The van der Waals surface area contributed by atoms with Crippen LogP contribution in [0.2, 0.25) is 0 Å². The summed E-state index contributed by atoms with van der Waals surface area (Å²) in [6, 6.07) is 8.56. The Labute approximate surface area is 201 Å². The van der Waals surface area contributed by atoms with Gasteiger partial charge in [-0.2, -0.15) is 5.26 Å². The molecule has 0 bridgehead atoms. The van der Waals surface area contributed by atoms with Gasteiger partial charge in [0.15, 0.2) is 11.4 Å². The standard InChI is InChI=1S/C24H25N7O4/c1-24(2,3)35-23(34)29-16-12-31(13-16)19-7-6-17-18(30-19)11-27-20(21(17)32)22(33)28-10-14-4-5-15(8-25)26-9-14/h4-7,9,11,16,32H,10,12-13H2,1-3H3,(H,28,33)(H,29,34). The van der Waals surface area contributed by atoms with Crippen molar-refractivity contribution in [2.75, 3.05) is 18.0 Å². The number of anilines is 1. The van der Waals surface area contributed by atoms with Gasteiger partial charge in [-0.3, -0.25) is 4.79 Å². The van der Waals surface area contributed by atoms with Crippen molar-refractivity contribution in [3.8, 4) is 11.8 Å². The molecule has 0 saturated carbocycles. The monoisotopic (exact) mass is 475 g/mol. The van der Waals surface area contributed by atoms with E-state index in [2.05, 4.69) is 25.6 Å². The van der Waals surface area contributed by atoms with Crippen LogP contribution in [0.25, 0.3) is 10.9 Å². The maximum absolute atomic E-state index is 12.6. The molecule has 0 unspecified atom stereocenters. The summed E-state index contributed by atoms with van der Waals surface area (Å²) < 4.78 is 5.27. The number of pyridine rings is 3. The molecule has 180 valence electrons. The van der Waals surface area contributed by atoms with Gasteiger partial charge in [0, 0.05) is 31.2 Å². The van der Waals surface area contributed by atoms with E-state index < -0.39 is 17.6 Å². The summed E-state index contributed by atoms with van der Waals surface area (Å²) in [6.07, 6.45) is 2.48. The highest BCUT2D eigenvalue weighted by atomic mass is 16.6. The minimum Gasteiger partial charge on any atom is -0.505 e. The molecular weight excluding hydrogens is 450 g/mol. The largest absolute Gasteiger partial charge is 0.505 e. The van der Waals surface area contributed by atoms with E-state index in [-0.39, 0.29) is 29.7 Å². The molecule has 0 radical (unpaired) electrons. The molecule has 1 aliphatic rings. The Hall–Kier alpha value is -4.46. The zero-order valence-corrected chi connectivity index (χ0v) is 19.6. The first kappa shape index (κ1) is 23.7. The number of ether oxygens (including phenoxy) is 1. The first-order valence-corrected chi connectivity index (χ1v) is 11.0. The van der Waals surface area contributed by atoms with Crippen LogP contribution in [0.1, 0.15) is 42.5 Å². The van der Waals surface area contributed by atoms with Crippen LogP contribution in [0.3, 0.4) is 0 Å². The molecule has 2 amide bonds. The third-order valence-electron chi connectivity index (χ3n) is 5.24. The first-order chi connectivity index (χ1) is 16.6. The predicted octanol–water partition coefficient (Wildman–Crippen LogP) is 2.25. The molecule has 3 aromatic heterocycles. The van der Waals surface area contributed by atoms with Crippen LogP contribution in [0.5, 0.6) is 5.75 Å². The summed E-state index contributed by atoms with van der Waals surface area (Å²) in [7, 11) is 0. The number of nitrogens with zero attached hydrogens (tertiary/aromatic N) is 5. The summed E-state index contributed by atoms with van der Waals surface area (Å²) in [5.41, 5.74) is 0.765. The minimum absolute atomic E-state index is 0.0498. The summed E-state index contributed by atoms with van der Waals surface area (Å²) >= 11 is 0. The van der Waals surface area contributed by atoms with E-state index in [4.69, 9.17) is 10.00 Å². The molecule has 11 heteroatoms. The van der Waals surface area contributed by atoms with Crippen molar-refractivity contribution in [1.82, 2.24) is 25.6 Å². The number of nitriles is 1. The first-order valence-electron chi connectivity index (χ1n) is 11.0. The number of hydrogen-bond acceptors (Lipinski definition) is 9. The van der Waals surface area contributed by atoms with Crippen LogP contribution in [0.15, 0.2) is 36.7 Å². The average molecular weight is 476 g/mol. The predicted molar refractivity (Wildman–Crippen MR) is 127 cm³/mol. The lowest BCUT2D eigenvalue weighted by Gasteiger charge is -2.40. The fourth-order valence-corrected chi connectivity index (χ4v) is 3.51. The average Bonchev–Trinajstić information content (AvgIpc) is 2.78. The molecule has 1 aliphatic heterocycles. The van der Waals surface area contributed by atoms with Crippen LogP contribution in [-0.2, 0) is 11.3 Å². The highest BCUT2D eigenvalue weighted by Crippen LogP contribution is 2.29. The number of amides is 2. The third-order valence-corrected chi connectivity index (χ3v) is 5.24. The number of alkyl carbamates (subject to hydrolysis) is 1. The number of carbonyl (C=O) groups excluding carboxylic acids is 2. The zero-order chi connectivity index (χ0) is 25.2. The molecule has 35 heavy (non-hydrogen) atoms. The molecule has 0 aliphatic carbocycles. The minimum atomic E-state index is -0.557. The van der Waals surface area contributed by atoms with Gasteiger partial charge >= 0.3 is 6.09 Å². The van der Waals surface area contributed by atoms with Crippen LogP contribution in [0, 0.1) is 11.3 Å². The van der Waals surface area contributed by atoms with E-state index in [1.165, 1.54) is 12.4 Å². The lowest BCUT2D eigenvalue weighted by atomic mass is 10.1. The van der Waals surface area contributed by atoms with Crippen LogP contribution in [0.4, 0.5) is 10.6 Å². The van der Waals surface area contributed by atoms with Gasteiger partial charge in [-0.25, -0.2) is 19.7 Å². The number of aromatic nitrogens is 3. The van der Waals surface area contributed by atoms with Crippen molar-refractivity contribution in [2.45, 2.75) is 39.0 Å². The van der Waals surface area contributed by atoms with Gasteiger partial charge in [-0.15, -0.1) is 0 Å². The molecule has 1 saturated heterocycles. The van der Waals surface area contributed by atoms with E-state index in [9.17, 15) is 14.7 Å². The molecule has 0 spiro atoms. The summed E-state index contributed by atoms with van der Waals surface area (Å²) in [4.78, 5) is 39.0. The van der Waals surface area contributed by atoms with Crippen molar-refractivity contribution in [3.05, 3.63) is 53.6 Å². The molecule has 0 aromatic carbocycles. The number of fused-ring (bicyclic) bond motifs is 1. The third kappa shape index (κ3) is 5.55. The van der Waals surface area contributed by atoms with Gasteiger partial charge in [0.05, 0.1) is 17.8 Å². The quantitative estimate of drug-likeness (QED) is 0.504. The fraction of sp³-hybridized carbons (Fsp3) is 0.333. The van der Waals surface area contributed by atoms with Gasteiger partial charge in [0.25, 0.3) is 5.91 Å². The normalized spacial score (nSPS) is 13.6. The molecule has 3 aromatic rings. The molecule has 4 rings (SSSR count). The van der Waals surface area contributed by atoms with Gasteiger partial charge in [0.2, 0.25) is 0 Å². The number of nitrogens with one attached hydrogen (secondary N) is 2. The Bertz CT molecular complexity index is 1310. The highest BCUT2D eigenvalue weighted by Gasteiger charge is 2.31. The van der Waals surface area contributed by atoms with E-state index >= 15 is 0 Å². The number of carbonyl (C=O) groups is 2. The molecule has 3 N–H and O–H groups in total. The second-order valence-electron chi connectivity index (χ2n) is 9.15. The highest BCUT2D eigenvalue weighted by molar-refractivity contribution is 6.00. The maximum atomic E-state index is 12.6. The zero-order valence-electron chi connectivity index (χ0n) is 19.6. The SMILES string of the molecule is CC(C)(C)OC(=O)NC1CN(c2ccc3c(O)c(C(=O)NCc4ccc(C#N)nc4)ncc3n2)C1. The van der Waals surface area contributed by atoms with E-state index in [0.29, 0.717) is 35.4 Å². The fourth-order valence-electron chi connectivity index (χ4n) is 3.51. The van der Waals surface area contributed by atoms with Gasteiger partial charge in [-0.1, -0.05) is 6.07 Å². The molecular formula is C24H25N7O4. The van der Waals surface area contributed by atoms with Crippen LogP contribution >= 0.6 is 0 Å². The van der Waals surface area contributed by atoms with Crippen molar-refractivity contribution < 1.29 is 19.4 Å². The maximum Gasteiger partial charge on any atom is 0.407 e. The summed E-state index contributed by atoms with van der Waals surface area (Å²) in [5.74, 6) is -0.131. The van der Waals surface area contributed by atoms with E-state index in [0.717, 1.165) is 0 Å². The molecule has 4 heterocycles. The number of aromatic hydroxyl groups is 1. The lowest BCUT2D eigenvalue weighted by Crippen LogP contribution is -2.60. The smallest absolute Gasteiger partial charge is 0.407 e. The number of hydrogen-bond donors (Lipinski definition) is 3. The Balaban J connectivity index is 1.38. The van der Waals surface area contributed by atoms with Crippen molar-refractivity contribution in [2.24, 2.45) is 0 Å². The van der Waals surface area contributed by atoms with Gasteiger partial charge < -0.3 is 25.4 Å². The van der Waals surface area contributed by atoms with Crippen molar-refractivity contribution in [1.29, 1.82) is 5.26 Å². The summed E-state index contributed by atoms with van der Waals surface area (Å²) in [5, 5.41) is 25.3. The number of rotatable bonds is 5. The Morgan fingerprint density at radius 3 is 2.63 bits per heavy atom. The van der Waals surface area contributed by atoms with Crippen molar-refractivity contribution >= 4 is 28.7 Å². The molecule has 0 atom stereocenters. The van der Waals surface area contributed by atoms with E-state index in [1.807, 2.05) is 31.7 Å². The second-order valence-corrected chi connectivity index (χ2v) is 9.15. The Morgan fingerprint density at radius 1 is 1.20 bits per heavy atom. The Morgan fingerprint density at radius 2 is 1.97 bits per heavy atom.